The van der Waals surface area contributed by atoms with Crippen molar-refractivity contribution in [3.05, 3.63) is 23.5 Å². The van der Waals surface area contributed by atoms with Crippen LogP contribution in [-0.2, 0) is 10.0 Å². The Labute approximate surface area is 118 Å². The average molecular weight is 314 g/mol. The average Bonchev–Trinajstić information content (AvgIpc) is 2.90. The third-order valence-electron chi connectivity index (χ3n) is 2.87. The van der Waals surface area contributed by atoms with E-state index in [1.165, 1.54) is 16.3 Å². The van der Waals surface area contributed by atoms with Gasteiger partial charge in [0.05, 0.1) is 0 Å². The molecule has 0 aliphatic heterocycles. The summed E-state index contributed by atoms with van der Waals surface area (Å²) in [5, 5.41) is 16.4. The molecule has 0 bridgehead atoms. The van der Waals surface area contributed by atoms with Gasteiger partial charge in [-0.3, -0.25) is 4.72 Å². The summed E-state index contributed by atoms with van der Waals surface area (Å²) in [6.07, 6.45) is 3.07. The van der Waals surface area contributed by atoms with Crippen molar-refractivity contribution in [2.24, 2.45) is 0 Å². The van der Waals surface area contributed by atoms with Crippen LogP contribution in [0.25, 0.3) is 0 Å². The Kier molecular flexibility index (Phi) is 2.98. The van der Waals surface area contributed by atoms with Crippen molar-refractivity contribution in [1.82, 2.24) is 14.8 Å². The molecule has 0 radical (unpaired) electrons. The second kappa shape index (κ2) is 4.56. The Morgan fingerprint density at radius 2 is 2.25 bits per heavy atom. The highest BCUT2D eigenvalue weighted by Gasteiger charge is 2.30. The molecule has 2 N–H and O–H groups in total. The van der Waals surface area contributed by atoms with Crippen LogP contribution in [0, 0.1) is 0 Å². The Morgan fingerprint density at radius 3 is 2.80 bits per heavy atom. The Bertz CT molecular complexity index is 746. The molecule has 1 aliphatic rings. The molecule has 106 valence electrons. The van der Waals surface area contributed by atoms with Crippen LogP contribution in [0.15, 0.2) is 22.7 Å². The lowest BCUT2D eigenvalue weighted by Gasteiger charge is -2.02. The van der Waals surface area contributed by atoms with Gasteiger partial charge in [0.1, 0.15) is 16.1 Å². The summed E-state index contributed by atoms with van der Waals surface area (Å²) in [5.74, 6) is -1.14. The van der Waals surface area contributed by atoms with Gasteiger partial charge in [0.2, 0.25) is 5.13 Å². The van der Waals surface area contributed by atoms with Gasteiger partial charge in [-0.15, -0.1) is 10.2 Å². The molecule has 3 rings (SSSR count). The maximum Gasteiger partial charge on any atom is 0.352 e. The third-order valence-corrected chi connectivity index (χ3v) is 4.92. The molecule has 0 saturated heterocycles. The predicted molar refractivity (Wildman–Crippen MR) is 70.4 cm³/mol. The maximum absolute atomic E-state index is 12.2. The first-order valence-corrected chi connectivity index (χ1v) is 8.08. The molecule has 0 spiro atoms. The fourth-order valence-corrected chi connectivity index (χ4v) is 3.54. The first-order chi connectivity index (χ1) is 9.47. The molecule has 1 fully saturated rings. The van der Waals surface area contributed by atoms with Crippen molar-refractivity contribution in [2.75, 3.05) is 4.72 Å². The first kappa shape index (κ1) is 13.1. The number of sulfonamides is 1. The molecule has 1 saturated carbocycles. The number of nitrogens with one attached hydrogen (secondary N) is 1. The molecule has 0 unspecified atom stereocenters. The highest BCUT2D eigenvalue weighted by molar-refractivity contribution is 7.93. The van der Waals surface area contributed by atoms with Gasteiger partial charge >= 0.3 is 5.97 Å². The Balaban J connectivity index is 1.97. The quantitative estimate of drug-likeness (QED) is 0.856. The van der Waals surface area contributed by atoms with Crippen molar-refractivity contribution in [1.29, 1.82) is 0 Å². The lowest BCUT2D eigenvalue weighted by molar-refractivity contribution is 0.0685. The zero-order chi connectivity index (χ0) is 14.3. The van der Waals surface area contributed by atoms with E-state index in [1.54, 1.807) is 0 Å². The van der Waals surface area contributed by atoms with Crippen molar-refractivity contribution < 1.29 is 18.3 Å². The summed E-state index contributed by atoms with van der Waals surface area (Å²) in [4.78, 5) is 11.1. The number of anilines is 1. The van der Waals surface area contributed by atoms with Crippen molar-refractivity contribution in [3.8, 4) is 0 Å². The minimum Gasteiger partial charge on any atom is -0.477 e. The second-order valence-electron chi connectivity index (χ2n) is 4.35. The molecule has 8 nitrogen and oxygen atoms in total. The van der Waals surface area contributed by atoms with Crippen molar-refractivity contribution in [2.45, 2.75) is 23.8 Å². The molecule has 2 aromatic rings. The summed E-state index contributed by atoms with van der Waals surface area (Å²) in [6.45, 7) is 0. The van der Waals surface area contributed by atoms with Crippen LogP contribution in [0.1, 0.15) is 29.4 Å². The number of nitrogens with zero attached hydrogens (tertiary/aromatic N) is 3. The normalized spacial score (nSPS) is 15.2. The zero-order valence-corrected chi connectivity index (χ0v) is 11.7. The summed E-state index contributed by atoms with van der Waals surface area (Å²) in [5.41, 5.74) is 1.38. The Morgan fingerprint density at radius 1 is 1.50 bits per heavy atom. The molecule has 10 heteroatoms. The number of hydrogen-bond donors (Lipinski definition) is 2. The zero-order valence-electron chi connectivity index (χ0n) is 10.1. The van der Waals surface area contributed by atoms with Crippen LogP contribution in [0.5, 0.6) is 0 Å². The largest absolute Gasteiger partial charge is 0.477 e. The summed E-state index contributed by atoms with van der Waals surface area (Å²) in [7, 11) is -3.85. The maximum atomic E-state index is 12.2. The van der Waals surface area contributed by atoms with Gasteiger partial charge in [0.25, 0.3) is 10.0 Å². The number of rotatable bonds is 5. The van der Waals surface area contributed by atoms with E-state index in [9.17, 15) is 13.2 Å². The molecular formula is C10H10N4O4S2. The van der Waals surface area contributed by atoms with E-state index >= 15 is 0 Å². The lowest BCUT2D eigenvalue weighted by atomic mass is 10.4. The van der Waals surface area contributed by atoms with Crippen molar-refractivity contribution >= 4 is 32.5 Å². The van der Waals surface area contributed by atoms with Gasteiger partial charge in [0.15, 0.2) is 0 Å². The number of aromatic nitrogens is 3. The van der Waals surface area contributed by atoms with E-state index < -0.39 is 16.0 Å². The summed E-state index contributed by atoms with van der Waals surface area (Å²) < 4.78 is 28.1. The molecule has 2 aromatic heterocycles. The van der Waals surface area contributed by atoms with Gasteiger partial charge in [-0.2, -0.15) is 0 Å². The van der Waals surface area contributed by atoms with Gasteiger partial charge < -0.3 is 9.67 Å². The molecule has 20 heavy (non-hydrogen) atoms. The summed E-state index contributed by atoms with van der Waals surface area (Å²) >= 11 is 1.04. The van der Waals surface area contributed by atoms with Gasteiger partial charge in [-0.1, -0.05) is 11.3 Å². The minimum absolute atomic E-state index is 0.0230. The van der Waals surface area contributed by atoms with E-state index in [4.69, 9.17) is 5.11 Å². The number of hydrogen-bond acceptors (Lipinski definition) is 6. The molecular weight excluding hydrogens is 304 g/mol. The van der Waals surface area contributed by atoms with Crippen LogP contribution in [-0.4, -0.2) is 34.3 Å². The van der Waals surface area contributed by atoms with E-state index in [2.05, 4.69) is 14.9 Å². The molecule has 0 atom stereocenters. The highest BCUT2D eigenvalue weighted by atomic mass is 32.2. The topological polar surface area (TPSA) is 114 Å². The molecule has 2 heterocycles. The fourth-order valence-electron chi connectivity index (χ4n) is 1.82. The molecule has 1 aliphatic carbocycles. The number of carbonyl (C=O) groups is 1. The minimum atomic E-state index is -3.85. The van der Waals surface area contributed by atoms with Gasteiger partial charge in [-0.05, 0) is 18.9 Å². The Hall–Kier alpha value is -1.94. The number of carboxylic acids is 1. The fraction of sp³-hybridized carbons (Fsp3) is 0.300. The smallest absolute Gasteiger partial charge is 0.352 e. The third kappa shape index (κ3) is 2.39. The van der Waals surface area contributed by atoms with Gasteiger partial charge in [-0.25, -0.2) is 13.2 Å². The predicted octanol–water partition coefficient (Wildman–Crippen LogP) is 1.17. The lowest BCUT2D eigenvalue weighted by Crippen LogP contribution is -2.12. The van der Waals surface area contributed by atoms with Crippen LogP contribution in [0.4, 0.5) is 5.13 Å². The number of aromatic carboxylic acids is 1. The monoisotopic (exact) mass is 314 g/mol. The summed E-state index contributed by atoms with van der Waals surface area (Å²) in [6, 6.07) is 1.23. The van der Waals surface area contributed by atoms with E-state index in [1.807, 2.05) is 0 Å². The van der Waals surface area contributed by atoms with Crippen molar-refractivity contribution in [3.63, 3.8) is 0 Å². The second-order valence-corrected chi connectivity index (χ2v) is 6.87. The first-order valence-electron chi connectivity index (χ1n) is 5.71. The van der Waals surface area contributed by atoms with Crippen LogP contribution in [0.3, 0.4) is 0 Å². The van der Waals surface area contributed by atoms with Gasteiger partial charge in [0, 0.05) is 12.2 Å². The SMILES string of the molecule is O=C(O)c1cc(S(=O)(=O)Nc2nncs2)cn1C1CC1. The number of carboxylic acid groups (broad SMARTS) is 1. The molecule has 0 aromatic carbocycles. The standard InChI is InChI=1S/C10H10N4O4S2/c15-9(16)8-3-7(4-14(8)6-1-2-6)20(17,18)13-10-12-11-5-19-10/h3-6H,1-2H2,(H,12,13)(H,15,16). The highest BCUT2D eigenvalue weighted by Crippen LogP contribution is 2.37. The van der Waals surface area contributed by atoms with Crippen LogP contribution < -0.4 is 4.72 Å². The van der Waals surface area contributed by atoms with E-state index in [0.29, 0.717) is 0 Å². The van der Waals surface area contributed by atoms with E-state index in [0.717, 1.165) is 30.2 Å². The van der Waals surface area contributed by atoms with E-state index in [-0.39, 0.29) is 21.8 Å². The van der Waals surface area contributed by atoms with Crippen LogP contribution in [0.2, 0.25) is 0 Å². The molecule has 0 amide bonds. The van der Waals surface area contributed by atoms with Crippen LogP contribution >= 0.6 is 11.3 Å².